The Kier molecular flexibility index (Phi) is 5.65. The molecule has 4 nitrogen and oxygen atoms in total. The largest absolute Gasteiger partial charge is 0.374 e. The van der Waals surface area contributed by atoms with E-state index in [-0.39, 0.29) is 30.5 Å². The van der Waals surface area contributed by atoms with Gasteiger partial charge in [-0.25, -0.2) is 0 Å². The molecule has 2 fully saturated rings. The lowest BCUT2D eigenvalue weighted by Gasteiger charge is -2.23. The second-order valence-corrected chi connectivity index (χ2v) is 7.12. The summed E-state index contributed by atoms with van der Waals surface area (Å²) in [5, 5.41) is 0. The van der Waals surface area contributed by atoms with Crippen molar-refractivity contribution in [3.05, 3.63) is 71.8 Å². The van der Waals surface area contributed by atoms with E-state index < -0.39 is 0 Å². The summed E-state index contributed by atoms with van der Waals surface area (Å²) in [5.41, 5.74) is 2.32. The third-order valence-corrected chi connectivity index (χ3v) is 5.04. The summed E-state index contributed by atoms with van der Waals surface area (Å²) in [4.78, 5) is 0. The van der Waals surface area contributed by atoms with Gasteiger partial charge in [-0.1, -0.05) is 60.7 Å². The van der Waals surface area contributed by atoms with Gasteiger partial charge in [0.1, 0.15) is 18.3 Å². The third kappa shape index (κ3) is 4.15. The minimum absolute atomic E-state index is 0.000891. The molecule has 0 unspecified atom stereocenters. The predicted octanol–water partition coefficient (Wildman–Crippen LogP) is 3.73. The van der Waals surface area contributed by atoms with E-state index >= 15 is 0 Å². The minimum atomic E-state index is -0.0964. The van der Waals surface area contributed by atoms with Crippen molar-refractivity contribution in [2.24, 2.45) is 0 Å². The number of rotatable bonds is 7. The molecular formula is C22H26O4. The van der Waals surface area contributed by atoms with Crippen LogP contribution in [0.15, 0.2) is 60.7 Å². The monoisotopic (exact) mass is 354 g/mol. The maximum atomic E-state index is 6.24. The molecule has 0 radical (unpaired) electrons. The Hall–Kier alpha value is -1.72. The van der Waals surface area contributed by atoms with Crippen molar-refractivity contribution in [2.75, 3.05) is 6.61 Å². The number of fused-ring (bicyclic) bond motifs is 1. The Morgan fingerprint density at radius 2 is 1.54 bits per heavy atom. The molecule has 2 saturated heterocycles. The Bertz CT molecular complexity index is 675. The van der Waals surface area contributed by atoms with E-state index in [0.717, 1.165) is 17.5 Å². The van der Waals surface area contributed by atoms with Crippen molar-refractivity contribution >= 4 is 0 Å². The molecule has 0 amide bonds. The zero-order valence-corrected chi connectivity index (χ0v) is 15.1. The molecule has 0 N–H and O–H groups in total. The van der Waals surface area contributed by atoms with Crippen LogP contribution in [0.1, 0.15) is 24.5 Å². The molecule has 0 aliphatic carbocycles. The average molecular weight is 354 g/mol. The van der Waals surface area contributed by atoms with Crippen LogP contribution < -0.4 is 0 Å². The highest BCUT2D eigenvalue weighted by Gasteiger charge is 2.50. The summed E-state index contributed by atoms with van der Waals surface area (Å²) in [7, 11) is 0. The summed E-state index contributed by atoms with van der Waals surface area (Å²) in [5.74, 6) is 0. The van der Waals surface area contributed by atoms with Crippen molar-refractivity contribution in [1.82, 2.24) is 0 Å². The van der Waals surface area contributed by atoms with Gasteiger partial charge in [0.25, 0.3) is 0 Å². The minimum Gasteiger partial charge on any atom is -0.374 e. The Morgan fingerprint density at radius 3 is 2.23 bits per heavy atom. The van der Waals surface area contributed by atoms with Crippen LogP contribution in [0.3, 0.4) is 0 Å². The maximum Gasteiger partial charge on any atom is 0.115 e. The zero-order valence-electron chi connectivity index (χ0n) is 15.1. The summed E-state index contributed by atoms with van der Waals surface area (Å²) in [6.07, 6.45) is 1.06. The summed E-state index contributed by atoms with van der Waals surface area (Å²) >= 11 is 0. The highest BCUT2D eigenvalue weighted by atomic mass is 16.6. The number of ether oxygens (including phenoxy) is 4. The van der Waals surface area contributed by atoms with Crippen LogP contribution in [0.2, 0.25) is 0 Å². The lowest BCUT2D eigenvalue weighted by atomic mass is 10.1. The highest BCUT2D eigenvalue weighted by Crippen LogP contribution is 2.36. The van der Waals surface area contributed by atoms with Crippen molar-refractivity contribution < 1.29 is 18.9 Å². The molecule has 5 atom stereocenters. The quantitative estimate of drug-likeness (QED) is 0.759. The smallest absolute Gasteiger partial charge is 0.115 e. The molecular weight excluding hydrogens is 328 g/mol. The number of benzene rings is 2. The van der Waals surface area contributed by atoms with Crippen molar-refractivity contribution in [3.8, 4) is 0 Å². The molecule has 2 heterocycles. The van der Waals surface area contributed by atoms with E-state index in [9.17, 15) is 0 Å². The molecule has 0 saturated carbocycles. The molecule has 2 aromatic carbocycles. The molecule has 4 rings (SSSR count). The van der Waals surface area contributed by atoms with Gasteiger partial charge in [0, 0.05) is 6.42 Å². The molecule has 0 spiro atoms. The molecule has 2 aliphatic rings. The third-order valence-electron chi connectivity index (χ3n) is 5.04. The molecule has 0 bridgehead atoms. The van der Waals surface area contributed by atoms with E-state index in [4.69, 9.17) is 18.9 Å². The van der Waals surface area contributed by atoms with E-state index in [1.165, 1.54) is 0 Å². The lowest BCUT2D eigenvalue weighted by Crippen LogP contribution is -2.37. The number of hydrogen-bond acceptors (Lipinski definition) is 4. The fourth-order valence-electron chi connectivity index (χ4n) is 3.78. The predicted molar refractivity (Wildman–Crippen MR) is 98.7 cm³/mol. The van der Waals surface area contributed by atoms with Gasteiger partial charge in [-0.3, -0.25) is 0 Å². The van der Waals surface area contributed by atoms with Crippen molar-refractivity contribution in [2.45, 2.75) is 57.1 Å². The van der Waals surface area contributed by atoms with Gasteiger partial charge < -0.3 is 18.9 Å². The first kappa shape index (κ1) is 17.7. The average Bonchev–Trinajstić information content (AvgIpc) is 3.17. The first-order valence-electron chi connectivity index (χ1n) is 9.38. The topological polar surface area (TPSA) is 36.9 Å². The zero-order chi connectivity index (χ0) is 17.8. The fourth-order valence-corrected chi connectivity index (χ4v) is 3.78. The van der Waals surface area contributed by atoms with Gasteiger partial charge in [0.15, 0.2) is 0 Å². The molecule has 138 valence electrons. The van der Waals surface area contributed by atoms with Crippen LogP contribution >= 0.6 is 0 Å². The van der Waals surface area contributed by atoms with Gasteiger partial charge in [0.2, 0.25) is 0 Å². The summed E-state index contributed by atoms with van der Waals surface area (Å²) in [6.45, 7) is 3.75. The van der Waals surface area contributed by atoms with E-state index in [1.54, 1.807) is 0 Å². The second-order valence-electron chi connectivity index (χ2n) is 7.12. The van der Waals surface area contributed by atoms with Crippen LogP contribution in [0.4, 0.5) is 0 Å². The van der Waals surface area contributed by atoms with Crippen LogP contribution in [0.5, 0.6) is 0 Å². The second kappa shape index (κ2) is 8.31. The van der Waals surface area contributed by atoms with Crippen molar-refractivity contribution in [1.29, 1.82) is 0 Å². The van der Waals surface area contributed by atoms with E-state index in [0.29, 0.717) is 19.8 Å². The van der Waals surface area contributed by atoms with Crippen LogP contribution in [0, 0.1) is 0 Å². The fraction of sp³-hybridized carbons (Fsp3) is 0.455. The molecule has 4 heteroatoms. The van der Waals surface area contributed by atoms with Crippen LogP contribution in [-0.2, 0) is 32.2 Å². The molecule has 2 aromatic rings. The first-order valence-corrected chi connectivity index (χ1v) is 9.38. The van der Waals surface area contributed by atoms with Gasteiger partial charge in [-0.05, 0) is 18.1 Å². The Labute approximate surface area is 155 Å². The lowest BCUT2D eigenvalue weighted by molar-refractivity contribution is -0.0992. The van der Waals surface area contributed by atoms with Gasteiger partial charge >= 0.3 is 0 Å². The molecule has 2 aliphatic heterocycles. The van der Waals surface area contributed by atoms with Crippen LogP contribution in [0.25, 0.3) is 0 Å². The SMILES string of the molecule is C[C@@H]1C[C@H]2O[C@@H](COCc3ccccc3)[C@@H](OCc3ccccc3)[C@H]2O1. The summed E-state index contributed by atoms with van der Waals surface area (Å²) < 4.78 is 24.4. The molecule has 0 aromatic heterocycles. The summed E-state index contributed by atoms with van der Waals surface area (Å²) in [6, 6.07) is 20.4. The van der Waals surface area contributed by atoms with Crippen LogP contribution in [-0.4, -0.2) is 37.1 Å². The highest BCUT2D eigenvalue weighted by molar-refractivity contribution is 5.14. The van der Waals surface area contributed by atoms with Gasteiger partial charge in [-0.2, -0.15) is 0 Å². The van der Waals surface area contributed by atoms with Gasteiger partial charge in [0.05, 0.1) is 32.0 Å². The Morgan fingerprint density at radius 1 is 0.885 bits per heavy atom. The van der Waals surface area contributed by atoms with Gasteiger partial charge in [-0.15, -0.1) is 0 Å². The van der Waals surface area contributed by atoms with Crippen molar-refractivity contribution in [3.63, 3.8) is 0 Å². The maximum absolute atomic E-state index is 6.24. The van der Waals surface area contributed by atoms with E-state index in [1.807, 2.05) is 36.4 Å². The Balaban J connectivity index is 1.36. The number of hydrogen-bond donors (Lipinski definition) is 0. The first-order chi connectivity index (χ1) is 12.8. The van der Waals surface area contributed by atoms with E-state index in [2.05, 4.69) is 31.2 Å². The molecule has 26 heavy (non-hydrogen) atoms. The standard InChI is InChI=1S/C22H26O4/c1-16-12-19-22(25-16)21(24-14-18-10-6-3-7-11-18)20(26-19)15-23-13-17-8-4-2-5-9-17/h2-11,16,19-22H,12-15H2,1H3/t16-,19-,20+,21-,22+/m1/s1. The normalized spacial score (nSPS) is 30.4.